The highest BCUT2D eigenvalue weighted by Crippen LogP contribution is 2.25. The second-order valence-corrected chi connectivity index (χ2v) is 7.00. The zero-order valence-electron chi connectivity index (χ0n) is 17.3. The van der Waals surface area contributed by atoms with Crippen LogP contribution in [0, 0.1) is 5.92 Å². The van der Waals surface area contributed by atoms with E-state index in [-0.39, 0.29) is 24.0 Å². The number of halogens is 1. The van der Waals surface area contributed by atoms with Crippen LogP contribution in [0.3, 0.4) is 0 Å². The molecule has 27 heavy (non-hydrogen) atoms. The Morgan fingerprint density at radius 2 is 2.11 bits per heavy atom. The third-order valence-electron chi connectivity index (χ3n) is 4.82. The van der Waals surface area contributed by atoms with Gasteiger partial charge in [0.05, 0.1) is 14.2 Å². The van der Waals surface area contributed by atoms with E-state index in [2.05, 4.69) is 36.1 Å². The summed E-state index contributed by atoms with van der Waals surface area (Å²) in [5, 5.41) is 3.41. The van der Waals surface area contributed by atoms with Crippen LogP contribution in [0.1, 0.15) is 25.3 Å². The molecule has 1 saturated heterocycles. The van der Waals surface area contributed by atoms with Crippen LogP contribution in [0.25, 0.3) is 0 Å². The molecule has 1 heterocycles. The van der Waals surface area contributed by atoms with E-state index in [4.69, 9.17) is 14.5 Å². The van der Waals surface area contributed by atoms with E-state index in [1.54, 1.807) is 14.2 Å². The van der Waals surface area contributed by atoms with Crippen molar-refractivity contribution in [2.45, 2.75) is 26.3 Å². The second-order valence-electron chi connectivity index (χ2n) is 7.00. The van der Waals surface area contributed by atoms with Crippen molar-refractivity contribution in [3.63, 3.8) is 0 Å². The summed E-state index contributed by atoms with van der Waals surface area (Å²) in [6.45, 7) is 6.90. The van der Waals surface area contributed by atoms with Crippen LogP contribution < -0.4 is 14.8 Å². The van der Waals surface area contributed by atoms with E-state index in [1.807, 2.05) is 18.2 Å². The van der Waals surface area contributed by atoms with Gasteiger partial charge in [0, 0.05) is 44.9 Å². The highest BCUT2D eigenvalue weighted by Gasteiger charge is 2.17. The van der Waals surface area contributed by atoms with Gasteiger partial charge >= 0.3 is 0 Å². The van der Waals surface area contributed by atoms with Crippen molar-refractivity contribution >= 4 is 29.9 Å². The first-order valence-corrected chi connectivity index (χ1v) is 9.46. The minimum absolute atomic E-state index is 0. The van der Waals surface area contributed by atoms with Crippen LogP contribution in [0.2, 0.25) is 0 Å². The van der Waals surface area contributed by atoms with Gasteiger partial charge in [-0.1, -0.05) is 0 Å². The summed E-state index contributed by atoms with van der Waals surface area (Å²) < 4.78 is 10.8. The van der Waals surface area contributed by atoms with Crippen molar-refractivity contribution in [2.75, 3.05) is 54.5 Å². The number of methoxy groups -OCH3 is 2. The Morgan fingerprint density at radius 1 is 1.33 bits per heavy atom. The summed E-state index contributed by atoms with van der Waals surface area (Å²) in [6, 6.07) is 5.94. The number of hydrogen-bond donors (Lipinski definition) is 1. The van der Waals surface area contributed by atoms with Crippen molar-refractivity contribution in [3.8, 4) is 11.5 Å². The molecule has 1 aromatic rings. The van der Waals surface area contributed by atoms with E-state index in [1.165, 1.54) is 19.4 Å². The monoisotopic (exact) mass is 490 g/mol. The summed E-state index contributed by atoms with van der Waals surface area (Å²) >= 11 is 0. The van der Waals surface area contributed by atoms with Gasteiger partial charge in [-0.05, 0) is 51.4 Å². The van der Waals surface area contributed by atoms with E-state index in [9.17, 15) is 0 Å². The van der Waals surface area contributed by atoms with Crippen molar-refractivity contribution in [1.29, 1.82) is 0 Å². The van der Waals surface area contributed by atoms with Gasteiger partial charge in [0.15, 0.2) is 5.96 Å². The molecule has 1 aromatic carbocycles. The van der Waals surface area contributed by atoms with Crippen LogP contribution in [-0.4, -0.2) is 70.3 Å². The van der Waals surface area contributed by atoms with E-state index < -0.39 is 0 Å². The zero-order chi connectivity index (χ0) is 18.9. The van der Waals surface area contributed by atoms with Gasteiger partial charge in [-0.3, -0.25) is 4.99 Å². The normalized spacial score (nSPS) is 17.8. The van der Waals surface area contributed by atoms with Crippen molar-refractivity contribution in [3.05, 3.63) is 23.8 Å². The summed E-state index contributed by atoms with van der Waals surface area (Å²) in [5.41, 5.74) is 1.11. The summed E-state index contributed by atoms with van der Waals surface area (Å²) in [5.74, 6) is 3.22. The molecule has 7 heteroatoms. The predicted octanol–water partition coefficient (Wildman–Crippen LogP) is 3.06. The van der Waals surface area contributed by atoms with E-state index in [0.29, 0.717) is 5.92 Å². The maximum atomic E-state index is 5.52. The number of ether oxygens (including phenoxy) is 2. The van der Waals surface area contributed by atoms with E-state index in [0.717, 1.165) is 49.2 Å². The molecule has 0 radical (unpaired) electrons. The molecule has 0 aromatic heterocycles. The summed E-state index contributed by atoms with van der Waals surface area (Å²) in [4.78, 5) is 9.45. The highest BCUT2D eigenvalue weighted by atomic mass is 127. The largest absolute Gasteiger partial charge is 0.497 e. The Hall–Kier alpha value is -1.22. The number of hydrogen-bond acceptors (Lipinski definition) is 4. The first kappa shape index (κ1) is 23.8. The fourth-order valence-electron chi connectivity index (χ4n) is 3.42. The number of piperidine rings is 1. The third kappa shape index (κ3) is 7.37. The molecule has 1 atom stereocenters. The third-order valence-corrected chi connectivity index (χ3v) is 4.82. The van der Waals surface area contributed by atoms with Gasteiger partial charge in [-0.15, -0.1) is 24.0 Å². The Kier molecular flexibility index (Phi) is 10.8. The smallest absolute Gasteiger partial charge is 0.193 e. The second kappa shape index (κ2) is 12.3. The standard InChI is InChI=1S/C20H34N4O2.HI/c1-6-21-20(22-13-16-8-7-11-23(2)14-16)24(3)15-17-9-10-18(25-4)12-19(17)26-5;/h9-10,12,16H,6-8,11,13-15H2,1-5H3,(H,21,22);1H. The molecular formula is C20H35IN4O2. The molecule has 1 N–H and O–H groups in total. The summed E-state index contributed by atoms with van der Waals surface area (Å²) in [6.07, 6.45) is 2.54. The van der Waals surface area contributed by atoms with Gasteiger partial charge in [0.2, 0.25) is 0 Å². The number of rotatable bonds is 7. The predicted molar refractivity (Wildman–Crippen MR) is 123 cm³/mol. The van der Waals surface area contributed by atoms with Crippen molar-refractivity contribution < 1.29 is 9.47 Å². The molecule has 0 saturated carbocycles. The lowest BCUT2D eigenvalue weighted by molar-refractivity contribution is 0.214. The van der Waals surface area contributed by atoms with Crippen molar-refractivity contribution in [1.82, 2.24) is 15.1 Å². The molecule has 0 aliphatic carbocycles. The average Bonchev–Trinajstić information content (AvgIpc) is 2.65. The molecule has 6 nitrogen and oxygen atoms in total. The van der Waals surface area contributed by atoms with E-state index >= 15 is 0 Å². The molecular weight excluding hydrogens is 455 g/mol. The molecule has 2 rings (SSSR count). The Balaban J connectivity index is 0.00000364. The quantitative estimate of drug-likeness (QED) is 0.362. The first-order valence-electron chi connectivity index (χ1n) is 9.46. The Labute approximate surface area is 181 Å². The number of guanidine groups is 1. The molecule has 1 aliphatic rings. The van der Waals surface area contributed by atoms with Gasteiger partial charge < -0.3 is 24.6 Å². The lowest BCUT2D eigenvalue weighted by Crippen LogP contribution is -2.39. The average molecular weight is 490 g/mol. The number of likely N-dealkylation sites (tertiary alicyclic amines) is 1. The molecule has 1 unspecified atom stereocenters. The van der Waals surface area contributed by atoms with Crippen LogP contribution >= 0.6 is 24.0 Å². The molecule has 0 bridgehead atoms. The maximum absolute atomic E-state index is 5.52. The minimum Gasteiger partial charge on any atom is -0.497 e. The number of nitrogens with zero attached hydrogens (tertiary/aromatic N) is 3. The maximum Gasteiger partial charge on any atom is 0.193 e. The van der Waals surface area contributed by atoms with Crippen LogP contribution in [0.4, 0.5) is 0 Å². The van der Waals surface area contributed by atoms with Crippen LogP contribution in [0.5, 0.6) is 11.5 Å². The topological polar surface area (TPSA) is 49.3 Å². The number of nitrogens with one attached hydrogen (secondary N) is 1. The van der Waals surface area contributed by atoms with Gasteiger partial charge in [0.25, 0.3) is 0 Å². The SMILES string of the molecule is CCNC(=NCC1CCCN(C)C1)N(C)Cc1ccc(OC)cc1OC.I. The Morgan fingerprint density at radius 3 is 2.74 bits per heavy atom. The van der Waals surface area contributed by atoms with Gasteiger partial charge in [0.1, 0.15) is 11.5 Å². The Bertz CT molecular complexity index is 597. The summed E-state index contributed by atoms with van der Waals surface area (Å²) in [7, 11) is 7.62. The fraction of sp³-hybridized carbons (Fsp3) is 0.650. The molecule has 0 spiro atoms. The van der Waals surface area contributed by atoms with Gasteiger partial charge in [-0.2, -0.15) is 0 Å². The van der Waals surface area contributed by atoms with Crippen LogP contribution in [0.15, 0.2) is 23.2 Å². The molecule has 0 amide bonds. The minimum atomic E-state index is 0. The first-order chi connectivity index (χ1) is 12.6. The van der Waals surface area contributed by atoms with Gasteiger partial charge in [-0.25, -0.2) is 0 Å². The number of aliphatic imine (C=N–C) groups is 1. The molecule has 1 aliphatic heterocycles. The molecule has 154 valence electrons. The number of benzene rings is 1. The lowest BCUT2D eigenvalue weighted by Gasteiger charge is -2.29. The fourth-order valence-corrected chi connectivity index (χ4v) is 3.42. The lowest BCUT2D eigenvalue weighted by atomic mass is 9.99. The molecule has 1 fully saturated rings. The zero-order valence-corrected chi connectivity index (χ0v) is 19.7. The van der Waals surface area contributed by atoms with Crippen LogP contribution in [-0.2, 0) is 6.54 Å². The van der Waals surface area contributed by atoms with Crippen molar-refractivity contribution in [2.24, 2.45) is 10.9 Å². The highest BCUT2D eigenvalue weighted by molar-refractivity contribution is 14.0.